The largest absolute Gasteiger partial charge is 0.461 e. The summed E-state index contributed by atoms with van der Waals surface area (Å²) < 4.78 is 20.2. The molecule has 5 nitrogen and oxygen atoms in total. The van der Waals surface area contributed by atoms with Crippen LogP contribution in [0.15, 0.2) is 35.4 Å². The van der Waals surface area contributed by atoms with Crippen LogP contribution in [0.1, 0.15) is 37.5 Å². The monoisotopic (exact) mass is 414 g/mol. The maximum Gasteiger partial charge on any atom is 0.326 e. The van der Waals surface area contributed by atoms with Gasteiger partial charge in [0.2, 0.25) is 0 Å². The van der Waals surface area contributed by atoms with E-state index in [0.29, 0.717) is 16.1 Å². The van der Waals surface area contributed by atoms with Crippen LogP contribution in [-0.2, 0) is 16.1 Å². The number of nitrogens with zero attached hydrogens (tertiary/aromatic N) is 2. The highest BCUT2D eigenvalue weighted by Crippen LogP contribution is 2.35. The van der Waals surface area contributed by atoms with Crippen molar-refractivity contribution in [3.63, 3.8) is 0 Å². The third kappa shape index (κ3) is 4.10. The zero-order valence-corrected chi connectivity index (χ0v) is 17.3. The summed E-state index contributed by atoms with van der Waals surface area (Å²) in [6.45, 7) is 3.91. The molecule has 0 aliphatic heterocycles. The average Bonchev–Trinajstić information content (AvgIpc) is 3.01. The lowest BCUT2D eigenvalue weighted by atomic mass is 9.89. The number of carbonyl (C=O) groups excluding carboxylic acids is 1. The Hall–Kier alpha value is -2.54. The highest BCUT2D eigenvalue weighted by Gasteiger charge is 2.23. The fraction of sp³-hybridized carbons (Fsp3) is 0.409. The third-order valence-corrected chi connectivity index (χ3v) is 6.49. The molecule has 152 valence electrons. The summed E-state index contributed by atoms with van der Waals surface area (Å²) in [5.74, 6) is -0.196. The topological polar surface area (TPSA) is 61.2 Å². The van der Waals surface area contributed by atoms with E-state index in [1.165, 1.54) is 34.4 Å². The predicted molar refractivity (Wildman–Crippen MR) is 112 cm³/mol. The molecule has 7 heteroatoms. The molecule has 3 aromatic rings. The number of esters is 1. The van der Waals surface area contributed by atoms with Gasteiger partial charge in [0.05, 0.1) is 11.7 Å². The van der Waals surface area contributed by atoms with Gasteiger partial charge in [-0.15, -0.1) is 11.3 Å². The lowest BCUT2D eigenvalue weighted by Gasteiger charge is -2.26. The molecule has 0 saturated heterocycles. The number of hydrogen-bond acceptors (Lipinski definition) is 5. The molecule has 4 rings (SSSR count). The quantitative estimate of drug-likeness (QED) is 0.581. The van der Waals surface area contributed by atoms with E-state index < -0.39 is 5.97 Å². The van der Waals surface area contributed by atoms with E-state index in [4.69, 9.17) is 4.74 Å². The first-order valence-electron chi connectivity index (χ1n) is 9.86. The summed E-state index contributed by atoms with van der Waals surface area (Å²) >= 11 is 1.41. The van der Waals surface area contributed by atoms with Crippen molar-refractivity contribution in [2.24, 2.45) is 5.92 Å². The fourth-order valence-corrected chi connectivity index (χ4v) is 5.07. The van der Waals surface area contributed by atoms with E-state index in [0.717, 1.165) is 41.7 Å². The molecular formula is C22H23FN2O3S. The second kappa shape index (κ2) is 8.06. The summed E-state index contributed by atoms with van der Waals surface area (Å²) in [6.07, 6.45) is 5.30. The van der Waals surface area contributed by atoms with Crippen LogP contribution in [0, 0.1) is 18.7 Å². The van der Waals surface area contributed by atoms with E-state index in [2.05, 4.69) is 11.9 Å². The summed E-state index contributed by atoms with van der Waals surface area (Å²) in [6, 6.07) is 6.05. The molecule has 2 heterocycles. The number of carbonyl (C=O) groups is 1. The molecule has 1 aromatic carbocycles. The lowest BCUT2D eigenvalue weighted by molar-refractivity contribution is -0.152. The second-order valence-electron chi connectivity index (χ2n) is 7.78. The minimum atomic E-state index is -0.414. The number of ether oxygens (including phenoxy) is 1. The van der Waals surface area contributed by atoms with Crippen LogP contribution >= 0.6 is 11.3 Å². The molecule has 0 spiro atoms. The van der Waals surface area contributed by atoms with Crippen LogP contribution in [0.4, 0.5) is 4.39 Å². The SMILES string of the molecule is Cc1sc2ncn(CC(=O)O[C@H]3CCC[C@H](C)C3)c(=O)c2c1-c1ccc(F)cc1. The number of hydrogen-bond donors (Lipinski definition) is 0. The molecule has 0 amide bonds. The molecule has 1 aliphatic carbocycles. The van der Waals surface area contributed by atoms with Crippen LogP contribution in [0.25, 0.3) is 21.3 Å². The number of aromatic nitrogens is 2. The smallest absolute Gasteiger partial charge is 0.326 e. The van der Waals surface area contributed by atoms with Crippen LogP contribution in [0.2, 0.25) is 0 Å². The molecule has 2 aromatic heterocycles. The van der Waals surface area contributed by atoms with Gasteiger partial charge < -0.3 is 4.74 Å². The highest BCUT2D eigenvalue weighted by molar-refractivity contribution is 7.19. The number of fused-ring (bicyclic) bond motifs is 1. The maximum atomic E-state index is 13.3. The zero-order chi connectivity index (χ0) is 20.5. The standard InChI is InChI=1S/C22H23FN2O3S/c1-13-4-3-5-17(10-13)28-18(26)11-25-12-24-21-20(22(25)27)19(14(2)29-21)15-6-8-16(23)9-7-15/h6-9,12-13,17H,3-5,10-11H2,1-2H3/t13-,17-/m0/s1. The molecule has 1 aliphatic rings. The summed E-state index contributed by atoms with van der Waals surface area (Å²) in [5.41, 5.74) is 1.21. The summed E-state index contributed by atoms with van der Waals surface area (Å²) in [7, 11) is 0. The van der Waals surface area contributed by atoms with Crippen molar-refractivity contribution in [1.82, 2.24) is 9.55 Å². The summed E-state index contributed by atoms with van der Waals surface area (Å²) in [5, 5.41) is 0.459. The number of thiophene rings is 1. The second-order valence-corrected chi connectivity index (χ2v) is 8.98. The van der Waals surface area contributed by atoms with Crippen LogP contribution in [0.5, 0.6) is 0 Å². The predicted octanol–water partition coefficient (Wildman–Crippen LogP) is 4.69. The van der Waals surface area contributed by atoms with E-state index >= 15 is 0 Å². The van der Waals surface area contributed by atoms with E-state index in [1.807, 2.05) is 6.92 Å². The van der Waals surface area contributed by atoms with Gasteiger partial charge in [0.1, 0.15) is 23.3 Å². The van der Waals surface area contributed by atoms with Gasteiger partial charge in [-0.2, -0.15) is 0 Å². The van der Waals surface area contributed by atoms with Crippen molar-refractivity contribution in [2.45, 2.75) is 52.2 Å². The summed E-state index contributed by atoms with van der Waals surface area (Å²) in [4.78, 5) is 31.5. The van der Waals surface area contributed by atoms with Gasteiger partial charge in [-0.3, -0.25) is 14.2 Å². The normalized spacial score (nSPS) is 19.4. The highest BCUT2D eigenvalue weighted by atomic mass is 32.1. The van der Waals surface area contributed by atoms with Crippen molar-refractivity contribution < 1.29 is 13.9 Å². The zero-order valence-electron chi connectivity index (χ0n) is 16.5. The van der Waals surface area contributed by atoms with E-state index in [-0.39, 0.29) is 24.0 Å². The van der Waals surface area contributed by atoms with Crippen molar-refractivity contribution in [2.75, 3.05) is 0 Å². The molecule has 0 radical (unpaired) electrons. The number of aryl methyl sites for hydroxylation is 1. The van der Waals surface area contributed by atoms with Gasteiger partial charge in [-0.05, 0) is 49.8 Å². The van der Waals surface area contributed by atoms with Crippen molar-refractivity contribution in [1.29, 1.82) is 0 Å². The molecule has 0 unspecified atom stereocenters. The van der Waals surface area contributed by atoms with Gasteiger partial charge in [-0.25, -0.2) is 9.37 Å². The Balaban J connectivity index is 1.63. The van der Waals surface area contributed by atoms with Gasteiger partial charge in [0, 0.05) is 10.4 Å². The number of rotatable bonds is 4. The van der Waals surface area contributed by atoms with E-state index in [9.17, 15) is 14.0 Å². The van der Waals surface area contributed by atoms with Crippen LogP contribution in [0.3, 0.4) is 0 Å². The Morgan fingerprint density at radius 2 is 2.07 bits per heavy atom. The van der Waals surface area contributed by atoms with Crippen molar-refractivity contribution in [3.05, 3.63) is 51.6 Å². The first-order valence-corrected chi connectivity index (χ1v) is 10.7. The Kier molecular flexibility index (Phi) is 5.50. The minimum absolute atomic E-state index is 0.0724. The lowest BCUT2D eigenvalue weighted by Crippen LogP contribution is -2.30. The van der Waals surface area contributed by atoms with Gasteiger partial charge in [0.15, 0.2) is 0 Å². The first kappa shape index (κ1) is 19.8. The van der Waals surface area contributed by atoms with Crippen LogP contribution < -0.4 is 5.56 Å². The van der Waals surface area contributed by atoms with Crippen molar-refractivity contribution >= 4 is 27.5 Å². The Labute approximate surface area is 172 Å². The molecule has 1 saturated carbocycles. The van der Waals surface area contributed by atoms with Crippen molar-refractivity contribution in [3.8, 4) is 11.1 Å². The van der Waals surface area contributed by atoms with Gasteiger partial charge in [-0.1, -0.05) is 25.5 Å². The van der Waals surface area contributed by atoms with Crippen LogP contribution in [-0.4, -0.2) is 21.6 Å². The molecule has 1 fully saturated rings. The number of halogens is 1. The minimum Gasteiger partial charge on any atom is -0.461 e. The molecule has 0 N–H and O–H groups in total. The number of benzene rings is 1. The Bertz CT molecular complexity index is 1100. The molecular weight excluding hydrogens is 391 g/mol. The van der Waals surface area contributed by atoms with E-state index in [1.54, 1.807) is 12.1 Å². The molecule has 2 atom stereocenters. The average molecular weight is 415 g/mol. The van der Waals surface area contributed by atoms with Gasteiger partial charge >= 0.3 is 5.97 Å². The molecule has 0 bridgehead atoms. The van der Waals surface area contributed by atoms with Gasteiger partial charge in [0.25, 0.3) is 5.56 Å². The Morgan fingerprint density at radius 3 is 2.79 bits per heavy atom. The maximum absolute atomic E-state index is 13.3. The fourth-order valence-electron chi connectivity index (χ4n) is 4.06. The Morgan fingerprint density at radius 1 is 1.31 bits per heavy atom. The first-order chi connectivity index (χ1) is 13.9. The molecule has 29 heavy (non-hydrogen) atoms. The third-order valence-electron chi connectivity index (χ3n) is 5.47.